The first-order valence-electron chi connectivity index (χ1n) is 10.1. The van der Waals surface area contributed by atoms with E-state index in [-0.39, 0.29) is 23.1 Å². The van der Waals surface area contributed by atoms with E-state index in [1.54, 1.807) is 30.5 Å². The second-order valence-electron chi connectivity index (χ2n) is 7.34. The molecule has 0 aliphatic heterocycles. The number of thiazole rings is 1. The zero-order chi connectivity index (χ0) is 22.9. The number of halogens is 2. The van der Waals surface area contributed by atoms with Crippen molar-refractivity contribution in [2.45, 2.75) is 6.54 Å². The average molecular weight is 461 g/mol. The van der Waals surface area contributed by atoms with E-state index >= 15 is 0 Å². The van der Waals surface area contributed by atoms with Crippen LogP contribution in [0.15, 0.2) is 72.9 Å². The lowest BCUT2D eigenvalue weighted by molar-refractivity contribution is 0.0982. The number of ether oxygens (including phenoxy) is 1. The van der Waals surface area contributed by atoms with E-state index in [0.717, 1.165) is 28.2 Å². The molecule has 0 N–H and O–H groups in total. The molecule has 0 unspecified atom stereocenters. The number of hydrogen-bond acceptors (Lipinski definition) is 5. The van der Waals surface area contributed by atoms with E-state index < -0.39 is 11.6 Å². The lowest BCUT2D eigenvalue weighted by Gasteiger charge is -2.21. The Bertz CT molecular complexity index is 1490. The van der Waals surface area contributed by atoms with Crippen molar-refractivity contribution >= 4 is 43.4 Å². The van der Waals surface area contributed by atoms with Crippen LogP contribution in [0.4, 0.5) is 13.9 Å². The summed E-state index contributed by atoms with van der Waals surface area (Å²) in [5, 5.41) is 2.04. The summed E-state index contributed by atoms with van der Waals surface area (Å²) in [7, 11) is 1.50. The molecule has 5 aromatic rings. The number of aromatic nitrogens is 2. The van der Waals surface area contributed by atoms with Crippen molar-refractivity contribution < 1.29 is 18.3 Å². The Hall–Kier alpha value is -3.91. The van der Waals surface area contributed by atoms with Crippen molar-refractivity contribution in [3.63, 3.8) is 0 Å². The summed E-state index contributed by atoms with van der Waals surface area (Å²) in [6.45, 7) is 0.0968. The summed E-state index contributed by atoms with van der Waals surface area (Å²) in [6, 6.07) is 18.6. The van der Waals surface area contributed by atoms with E-state index in [9.17, 15) is 13.6 Å². The molecule has 0 atom stereocenters. The summed E-state index contributed by atoms with van der Waals surface area (Å²) in [5.41, 5.74) is 0.968. The standard InChI is InChI=1S/C25H17F2N3O2S/c1-32-21-11-16-7-3-2-6-15(16)10-19(21)24(31)30(14-18-8-4-5-9-28-18)25-29-23-20(27)12-17(26)13-22(23)33-25/h2-13H,14H2,1H3. The molecular formula is C25H17F2N3O2S. The first-order chi connectivity index (χ1) is 16.0. The molecule has 0 bridgehead atoms. The topological polar surface area (TPSA) is 55.3 Å². The third kappa shape index (κ3) is 4.01. The highest BCUT2D eigenvalue weighted by Gasteiger charge is 2.26. The van der Waals surface area contributed by atoms with Crippen LogP contribution in [0, 0.1) is 11.6 Å². The molecule has 2 aromatic heterocycles. The van der Waals surface area contributed by atoms with Gasteiger partial charge >= 0.3 is 0 Å². The van der Waals surface area contributed by atoms with Crippen LogP contribution in [-0.4, -0.2) is 23.0 Å². The summed E-state index contributed by atoms with van der Waals surface area (Å²) < 4.78 is 33.9. The third-order valence-corrected chi connectivity index (χ3v) is 6.25. The first kappa shape index (κ1) is 21.0. The molecule has 5 rings (SSSR count). The number of hydrogen-bond donors (Lipinski definition) is 0. The zero-order valence-corrected chi connectivity index (χ0v) is 18.3. The van der Waals surface area contributed by atoms with Crippen LogP contribution < -0.4 is 9.64 Å². The lowest BCUT2D eigenvalue weighted by Crippen LogP contribution is -2.31. The van der Waals surface area contributed by atoms with Gasteiger partial charge in [0.1, 0.15) is 17.1 Å². The number of nitrogens with zero attached hydrogens (tertiary/aromatic N) is 3. The minimum absolute atomic E-state index is 0.0145. The number of methoxy groups -OCH3 is 1. The van der Waals surface area contributed by atoms with Crippen molar-refractivity contribution in [1.82, 2.24) is 9.97 Å². The number of anilines is 1. The van der Waals surface area contributed by atoms with Gasteiger partial charge in [0.15, 0.2) is 10.9 Å². The summed E-state index contributed by atoms with van der Waals surface area (Å²) in [4.78, 5) is 23.9. The zero-order valence-electron chi connectivity index (χ0n) is 17.5. The highest BCUT2D eigenvalue weighted by atomic mass is 32.1. The van der Waals surface area contributed by atoms with E-state index in [1.165, 1.54) is 18.1 Å². The van der Waals surface area contributed by atoms with Gasteiger partial charge in [0, 0.05) is 12.3 Å². The summed E-state index contributed by atoms with van der Waals surface area (Å²) >= 11 is 1.04. The molecule has 0 fully saturated rings. The lowest BCUT2D eigenvalue weighted by atomic mass is 10.0. The Morgan fingerprint density at radius 1 is 1.03 bits per heavy atom. The van der Waals surface area contributed by atoms with Crippen molar-refractivity contribution in [3.05, 3.63) is 95.8 Å². The second kappa shape index (κ2) is 8.55. The van der Waals surface area contributed by atoms with Crippen LogP contribution in [0.5, 0.6) is 5.75 Å². The number of benzene rings is 3. The largest absolute Gasteiger partial charge is 0.496 e. The molecule has 0 aliphatic carbocycles. The normalized spacial score (nSPS) is 11.1. The Morgan fingerprint density at radius 3 is 2.52 bits per heavy atom. The van der Waals surface area contributed by atoms with Crippen LogP contribution in [0.2, 0.25) is 0 Å². The smallest absolute Gasteiger partial charge is 0.264 e. The Morgan fingerprint density at radius 2 is 1.79 bits per heavy atom. The second-order valence-corrected chi connectivity index (χ2v) is 8.35. The maximum absolute atomic E-state index is 14.3. The van der Waals surface area contributed by atoms with Gasteiger partial charge in [-0.05, 0) is 41.1 Å². The molecule has 1 amide bonds. The van der Waals surface area contributed by atoms with E-state index in [4.69, 9.17) is 4.74 Å². The average Bonchev–Trinajstić information content (AvgIpc) is 3.26. The fourth-order valence-corrected chi connectivity index (χ4v) is 4.64. The van der Waals surface area contributed by atoms with Gasteiger partial charge in [0.2, 0.25) is 0 Å². The monoisotopic (exact) mass is 461 g/mol. The summed E-state index contributed by atoms with van der Waals surface area (Å²) in [5.74, 6) is -1.46. The molecule has 2 heterocycles. The molecule has 0 saturated heterocycles. The molecule has 8 heteroatoms. The minimum Gasteiger partial charge on any atom is -0.496 e. The van der Waals surface area contributed by atoms with E-state index in [2.05, 4.69) is 9.97 Å². The van der Waals surface area contributed by atoms with Crippen LogP contribution >= 0.6 is 11.3 Å². The number of amides is 1. The van der Waals surface area contributed by atoms with Gasteiger partial charge in [-0.15, -0.1) is 0 Å². The molecule has 0 spiro atoms. The van der Waals surface area contributed by atoms with Crippen molar-refractivity contribution in [2.75, 3.05) is 12.0 Å². The van der Waals surface area contributed by atoms with E-state index in [0.29, 0.717) is 21.7 Å². The van der Waals surface area contributed by atoms with Crippen LogP contribution in [0.1, 0.15) is 16.1 Å². The minimum atomic E-state index is -0.777. The SMILES string of the molecule is COc1cc2ccccc2cc1C(=O)N(Cc1ccccn1)c1nc2c(F)cc(F)cc2s1. The Labute approximate surface area is 191 Å². The van der Waals surface area contributed by atoms with Crippen molar-refractivity contribution in [2.24, 2.45) is 0 Å². The van der Waals surface area contributed by atoms with Gasteiger partial charge in [-0.1, -0.05) is 41.7 Å². The maximum atomic E-state index is 14.3. The van der Waals surface area contributed by atoms with Gasteiger partial charge in [0.05, 0.1) is 29.6 Å². The summed E-state index contributed by atoms with van der Waals surface area (Å²) in [6.07, 6.45) is 1.63. The van der Waals surface area contributed by atoms with Crippen molar-refractivity contribution in [3.8, 4) is 5.75 Å². The maximum Gasteiger partial charge on any atom is 0.264 e. The van der Waals surface area contributed by atoms with Crippen LogP contribution in [0.25, 0.3) is 21.0 Å². The fraction of sp³-hybridized carbons (Fsp3) is 0.0800. The van der Waals surface area contributed by atoms with Crippen LogP contribution in [-0.2, 0) is 6.54 Å². The Balaban J connectivity index is 1.65. The highest BCUT2D eigenvalue weighted by Crippen LogP contribution is 2.34. The first-order valence-corrected chi connectivity index (χ1v) is 10.9. The van der Waals surface area contributed by atoms with Gasteiger partial charge in [-0.25, -0.2) is 13.8 Å². The molecule has 5 nitrogen and oxygen atoms in total. The number of pyridine rings is 1. The van der Waals surface area contributed by atoms with Gasteiger partial charge in [0.25, 0.3) is 5.91 Å². The van der Waals surface area contributed by atoms with Crippen LogP contribution in [0.3, 0.4) is 0 Å². The highest BCUT2D eigenvalue weighted by molar-refractivity contribution is 7.22. The Kier molecular flexibility index (Phi) is 5.43. The molecule has 33 heavy (non-hydrogen) atoms. The molecule has 0 radical (unpaired) electrons. The predicted molar refractivity (Wildman–Crippen MR) is 125 cm³/mol. The molecular weight excluding hydrogens is 444 g/mol. The number of carbonyl (C=O) groups is 1. The van der Waals surface area contributed by atoms with E-state index in [1.807, 2.05) is 30.3 Å². The van der Waals surface area contributed by atoms with Gasteiger partial charge in [-0.3, -0.25) is 14.7 Å². The van der Waals surface area contributed by atoms with Gasteiger partial charge < -0.3 is 4.74 Å². The van der Waals surface area contributed by atoms with Gasteiger partial charge in [-0.2, -0.15) is 0 Å². The third-order valence-electron chi connectivity index (χ3n) is 5.22. The molecule has 0 saturated carbocycles. The molecule has 3 aromatic carbocycles. The predicted octanol–water partition coefficient (Wildman–Crippen LogP) is 5.98. The molecule has 0 aliphatic rings. The van der Waals surface area contributed by atoms with Crippen molar-refractivity contribution in [1.29, 1.82) is 0 Å². The quantitative estimate of drug-likeness (QED) is 0.323. The fourth-order valence-electron chi connectivity index (χ4n) is 3.64. The number of rotatable bonds is 5. The number of fused-ring (bicyclic) bond motifs is 2. The molecule has 164 valence electrons. The number of carbonyl (C=O) groups excluding carboxylic acids is 1.